The van der Waals surface area contributed by atoms with Crippen LogP contribution in [0.1, 0.15) is 30.4 Å². The fourth-order valence-corrected chi connectivity index (χ4v) is 2.16. The molecule has 0 fully saturated rings. The molecule has 1 aromatic rings. The lowest BCUT2D eigenvalue weighted by Crippen LogP contribution is -2.16. The maximum absolute atomic E-state index is 10.6. The Balaban J connectivity index is 2.24. The van der Waals surface area contributed by atoms with Gasteiger partial charge in [0.2, 0.25) is 0 Å². The zero-order valence-electron chi connectivity index (χ0n) is 11.0. The minimum absolute atomic E-state index is 0.0897. The number of aryl methyl sites for hydroxylation is 1. The molecular formula is C16H18O3. The van der Waals surface area contributed by atoms with Crippen LogP contribution in [-0.4, -0.2) is 17.2 Å². The van der Waals surface area contributed by atoms with Gasteiger partial charge in [0.15, 0.2) is 0 Å². The maximum Gasteiger partial charge on any atom is 0.328 e. The first-order chi connectivity index (χ1) is 9.16. The van der Waals surface area contributed by atoms with Crippen LogP contribution in [0.5, 0.6) is 5.75 Å². The van der Waals surface area contributed by atoms with Crippen LogP contribution in [-0.2, 0) is 4.79 Å². The highest BCUT2D eigenvalue weighted by Gasteiger charge is 2.13. The van der Waals surface area contributed by atoms with Crippen molar-refractivity contribution in [2.24, 2.45) is 0 Å². The van der Waals surface area contributed by atoms with E-state index < -0.39 is 5.97 Å². The molecule has 3 heteroatoms. The summed E-state index contributed by atoms with van der Waals surface area (Å²) in [6, 6.07) is 5.74. The summed E-state index contributed by atoms with van der Waals surface area (Å²) in [6.07, 6.45) is 10.3. The zero-order chi connectivity index (χ0) is 13.7. The van der Waals surface area contributed by atoms with Crippen LogP contribution in [0.15, 0.2) is 36.4 Å². The third kappa shape index (κ3) is 3.71. The minimum atomic E-state index is -0.954. The Hall–Kier alpha value is -2.03. The van der Waals surface area contributed by atoms with Gasteiger partial charge in [0, 0.05) is 11.6 Å². The molecule has 0 saturated carbocycles. The largest absolute Gasteiger partial charge is 0.485 e. The first-order valence-electron chi connectivity index (χ1n) is 6.51. The Morgan fingerprint density at radius 3 is 3.00 bits per heavy atom. The Morgan fingerprint density at radius 2 is 2.32 bits per heavy atom. The number of ether oxygens (including phenoxy) is 1. The van der Waals surface area contributed by atoms with E-state index >= 15 is 0 Å². The van der Waals surface area contributed by atoms with Gasteiger partial charge in [0.1, 0.15) is 11.9 Å². The number of aliphatic carboxylic acids is 1. The standard InChI is InChI=1S/C16H18O3/c1-12-6-5-7-13(10-11-15(17)18)16(12)19-14-8-3-2-4-9-14/h3,5-8,10-11,14H,2,4,9H2,1H3,(H,17,18)/b11-10+. The Kier molecular flexibility index (Phi) is 4.39. The number of carbonyl (C=O) groups is 1. The number of benzene rings is 1. The van der Waals surface area contributed by atoms with E-state index in [1.54, 1.807) is 6.08 Å². The lowest BCUT2D eigenvalue weighted by molar-refractivity contribution is -0.131. The number of carboxylic acid groups (broad SMARTS) is 1. The monoisotopic (exact) mass is 258 g/mol. The van der Waals surface area contributed by atoms with Crippen LogP contribution in [0.2, 0.25) is 0 Å². The molecule has 1 unspecified atom stereocenters. The van der Waals surface area contributed by atoms with E-state index in [2.05, 4.69) is 12.2 Å². The van der Waals surface area contributed by atoms with Crippen molar-refractivity contribution in [2.45, 2.75) is 32.3 Å². The fourth-order valence-electron chi connectivity index (χ4n) is 2.16. The first-order valence-corrected chi connectivity index (χ1v) is 6.51. The maximum atomic E-state index is 10.6. The molecular weight excluding hydrogens is 240 g/mol. The van der Waals surface area contributed by atoms with E-state index in [0.717, 1.165) is 42.2 Å². The molecule has 0 radical (unpaired) electrons. The Morgan fingerprint density at radius 1 is 1.47 bits per heavy atom. The summed E-state index contributed by atoms with van der Waals surface area (Å²) in [5.74, 6) is -0.179. The molecule has 3 nitrogen and oxygen atoms in total. The molecule has 0 heterocycles. The van der Waals surface area contributed by atoms with E-state index in [1.807, 2.05) is 25.1 Å². The van der Waals surface area contributed by atoms with E-state index in [4.69, 9.17) is 9.84 Å². The van der Waals surface area contributed by atoms with Gasteiger partial charge in [-0.15, -0.1) is 0 Å². The molecule has 0 amide bonds. The lowest BCUT2D eigenvalue weighted by atomic mass is 10.0. The second-order valence-electron chi connectivity index (χ2n) is 4.68. The summed E-state index contributed by atoms with van der Waals surface area (Å²) in [6.45, 7) is 1.97. The van der Waals surface area contributed by atoms with Gasteiger partial charge in [-0.3, -0.25) is 0 Å². The molecule has 1 atom stereocenters. The van der Waals surface area contributed by atoms with Gasteiger partial charge >= 0.3 is 5.97 Å². The summed E-state index contributed by atoms with van der Waals surface area (Å²) in [7, 11) is 0. The van der Waals surface area contributed by atoms with Gasteiger partial charge in [-0.25, -0.2) is 4.79 Å². The van der Waals surface area contributed by atoms with Gasteiger partial charge in [0.25, 0.3) is 0 Å². The Bertz CT molecular complexity index is 515. The molecule has 100 valence electrons. The highest BCUT2D eigenvalue weighted by Crippen LogP contribution is 2.28. The highest BCUT2D eigenvalue weighted by molar-refractivity contribution is 5.86. The van der Waals surface area contributed by atoms with Crippen molar-refractivity contribution < 1.29 is 14.6 Å². The Labute approximate surface area is 113 Å². The second-order valence-corrected chi connectivity index (χ2v) is 4.68. The third-order valence-corrected chi connectivity index (χ3v) is 3.13. The number of carboxylic acids is 1. The molecule has 0 saturated heterocycles. The third-order valence-electron chi connectivity index (χ3n) is 3.13. The van der Waals surface area contributed by atoms with Crippen LogP contribution in [0.25, 0.3) is 6.08 Å². The molecule has 1 N–H and O–H groups in total. The van der Waals surface area contributed by atoms with Crippen LogP contribution in [0.3, 0.4) is 0 Å². The molecule has 1 aromatic carbocycles. The van der Waals surface area contributed by atoms with Gasteiger partial charge in [-0.05, 0) is 43.9 Å². The van der Waals surface area contributed by atoms with Crippen molar-refractivity contribution in [3.8, 4) is 5.75 Å². The van der Waals surface area contributed by atoms with Crippen molar-refractivity contribution in [3.63, 3.8) is 0 Å². The topological polar surface area (TPSA) is 46.5 Å². The number of allylic oxidation sites excluding steroid dienone is 1. The van der Waals surface area contributed by atoms with Crippen molar-refractivity contribution in [1.82, 2.24) is 0 Å². The van der Waals surface area contributed by atoms with Crippen LogP contribution >= 0.6 is 0 Å². The van der Waals surface area contributed by atoms with Gasteiger partial charge < -0.3 is 9.84 Å². The fraction of sp³-hybridized carbons (Fsp3) is 0.312. The second kappa shape index (κ2) is 6.23. The molecule has 19 heavy (non-hydrogen) atoms. The molecule has 1 aliphatic rings. The van der Waals surface area contributed by atoms with Crippen molar-refractivity contribution >= 4 is 12.0 Å². The average Bonchev–Trinajstić information content (AvgIpc) is 2.40. The van der Waals surface area contributed by atoms with Crippen molar-refractivity contribution in [3.05, 3.63) is 47.6 Å². The van der Waals surface area contributed by atoms with Gasteiger partial charge in [-0.2, -0.15) is 0 Å². The van der Waals surface area contributed by atoms with Crippen molar-refractivity contribution in [2.75, 3.05) is 0 Å². The lowest BCUT2D eigenvalue weighted by Gasteiger charge is -2.21. The summed E-state index contributed by atoms with van der Waals surface area (Å²) >= 11 is 0. The molecule has 0 aromatic heterocycles. The minimum Gasteiger partial charge on any atom is -0.485 e. The zero-order valence-corrected chi connectivity index (χ0v) is 11.0. The van der Waals surface area contributed by atoms with Gasteiger partial charge in [-0.1, -0.05) is 24.3 Å². The smallest absolute Gasteiger partial charge is 0.328 e. The number of hydrogen-bond donors (Lipinski definition) is 1. The van der Waals surface area contributed by atoms with E-state index in [-0.39, 0.29) is 6.10 Å². The number of hydrogen-bond acceptors (Lipinski definition) is 2. The van der Waals surface area contributed by atoms with Crippen molar-refractivity contribution in [1.29, 1.82) is 0 Å². The SMILES string of the molecule is Cc1cccc(/C=C/C(=O)O)c1OC1C=CCCC1. The summed E-state index contributed by atoms with van der Waals surface area (Å²) in [5, 5.41) is 8.72. The van der Waals surface area contributed by atoms with E-state index in [9.17, 15) is 4.79 Å². The summed E-state index contributed by atoms with van der Waals surface area (Å²) in [4.78, 5) is 10.6. The molecule has 1 aliphatic carbocycles. The first kappa shape index (κ1) is 13.4. The van der Waals surface area contributed by atoms with Crippen LogP contribution in [0.4, 0.5) is 0 Å². The molecule has 0 aliphatic heterocycles. The average molecular weight is 258 g/mol. The van der Waals surface area contributed by atoms with Gasteiger partial charge in [0.05, 0.1) is 0 Å². The predicted molar refractivity (Wildman–Crippen MR) is 75.3 cm³/mol. The summed E-state index contributed by atoms with van der Waals surface area (Å²) in [5.41, 5.74) is 1.83. The molecule has 0 bridgehead atoms. The van der Waals surface area contributed by atoms with E-state index in [1.165, 1.54) is 0 Å². The number of rotatable bonds is 4. The normalized spacial score (nSPS) is 18.7. The van der Waals surface area contributed by atoms with Crippen LogP contribution in [0, 0.1) is 6.92 Å². The highest BCUT2D eigenvalue weighted by atomic mass is 16.5. The number of para-hydroxylation sites is 1. The molecule has 2 rings (SSSR count). The van der Waals surface area contributed by atoms with E-state index in [0.29, 0.717) is 0 Å². The summed E-state index contributed by atoms with van der Waals surface area (Å²) < 4.78 is 6.02. The predicted octanol–water partition coefficient (Wildman–Crippen LogP) is 3.58. The quantitative estimate of drug-likeness (QED) is 0.663. The van der Waals surface area contributed by atoms with Crippen LogP contribution < -0.4 is 4.74 Å². The molecule has 0 spiro atoms.